The summed E-state index contributed by atoms with van der Waals surface area (Å²) in [7, 11) is 3.32. The molecule has 3 rings (SSSR count). The van der Waals surface area contributed by atoms with Crippen LogP contribution in [0, 0.1) is 0 Å². The molecule has 0 aliphatic heterocycles. The molecule has 0 N–H and O–H groups in total. The van der Waals surface area contributed by atoms with Gasteiger partial charge in [-0.05, 0) is 67.4 Å². The molecule has 2 aromatic carbocycles. The lowest BCUT2D eigenvalue weighted by Gasteiger charge is -2.22. The van der Waals surface area contributed by atoms with Gasteiger partial charge in [-0.3, -0.25) is 4.68 Å². The molecular formula is C25H33N3O4. The molecule has 172 valence electrons. The van der Waals surface area contributed by atoms with Crippen LogP contribution in [0.15, 0.2) is 67.0 Å². The zero-order valence-electron chi connectivity index (χ0n) is 19.0. The van der Waals surface area contributed by atoms with Gasteiger partial charge in [0.25, 0.3) is 0 Å². The van der Waals surface area contributed by atoms with E-state index in [0.29, 0.717) is 13.2 Å². The Morgan fingerprint density at radius 3 is 1.66 bits per heavy atom. The van der Waals surface area contributed by atoms with Crippen LogP contribution in [0.2, 0.25) is 0 Å². The van der Waals surface area contributed by atoms with E-state index in [1.54, 1.807) is 14.2 Å². The second-order valence-electron chi connectivity index (χ2n) is 7.37. The normalized spacial score (nSPS) is 10.8. The number of benzene rings is 2. The van der Waals surface area contributed by atoms with Gasteiger partial charge < -0.3 is 23.8 Å². The summed E-state index contributed by atoms with van der Waals surface area (Å²) in [4.78, 5) is 2.44. The number of rotatable bonds is 15. The van der Waals surface area contributed by atoms with E-state index in [2.05, 4.69) is 10.00 Å². The van der Waals surface area contributed by atoms with Gasteiger partial charge in [-0.2, -0.15) is 5.10 Å². The first-order valence-electron chi connectivity index (χ1n) is 11.0. The van der Waals surface area contributed by atoms with E-state index < -0.39 is 0 Å². The monoisotopic (exact) mass is 439 g/mol. The zero-order chi connectivity index (χ0) is 22.4. The molecule has 3 aromatic rings. The van der Waals surface area contributed by atoms with Crippen molar-refractivity contribution in [3.8, 4) is 23.0 Å². The van der Waals surface area contributed by atoms with E-state index in [1.807, 2.05) is 71.7 Å². The Morgan fingerprint density at radius 1 is 0.719 bits per heavy atom. The molecule has 0 atom stereocenters. The highest BCUT2D eigenvalue weighted by Gasteiger charge is 2.07. The van der Waals surface area contributed by atoms with Crippen molar-refractivity contribution in [3.63, 3.8) is 0 Å². The number of hydrogen-bond acceptors (Lipinski definition) is 6. The summed E-state index contributed by atoms with van der Waals surface area (Å²) in [5.41, 5.74) is 0. The Labute approximate surface area is 190 Å². The van der Waals surface area contributed by atoms with E-state index in [9.17, 15) is 0 Å². The molecule has 0 radical (unpaired) electrons. The molecule has 0 amide bonds. The lowest BCUT2D eigenvalue weighted by molar-refractivity contribution is 0.206. The van der Waals surface area contributed by atoms with Gasteiger partial charge in [0.1, 0.15) is 23.0 Å². The third kappa shape index (κ3) is 8.15. The fourth-order valence-electron chi connectivity index (χ4n) is 3.31. The molecule has 0 unspecified atom stereocenters. The smallest absolute Gasteiger partial charge is 0.119 e. The summed E-state index contributed by atoms with van der Waals surface area (Å²) in [5.74, 6) is 3.39. The van der Waals surface area contributed by atoms with E-state index in [-0.39, 0.29) is 0 Å². The summed E-state index contributed by atoms with van der Waals surface area (Å²) >= 11 is 0. The predicted octanol–water partition coefficient (Wildman–Crippen LogP) is 4.14. The summed E-state index contributed by atoms with van der Waals surface area (Å²) < 4.78 is 24.1. The zero-order valence-corrected chi connectivity index (χ0v) is 19.0. The van der Waals surface area contributed by atoms with Crippen LogP contribution in [0.25, 0.3) is 0 Å². The maximum absolute atomic E-state index is 5.87. The van der Waals surface area contributed by atoms with Crippen molar-refractivity contribution in [2.24, 2.45) is 0 Å². The third-order valence-electron chi connectivity index (χ3n) is 5.10. The van der Waals surface area contributed by atoms with Crippen LogP contribution in [-0.4, -0.2) is 61.7 Å². The SMILES string of the molecule is COc1ccc(OCCCN(CCCOc2ccc(OC)cc2)CCn2cccn2)cc1. The van der Waals surface area contributed by atoms with E-state index >= 15 is 0 Å². The first-order valence-corrected chi connectivity index (χ1v) is 11.0. The highest BCUT2D eigenvalue weighted by Crippen LogP contribution is 2.18. The molecule has 32 heavy (non-hydrogen) atoms. The number of aromatic nitrogens is 2. The van der Waals surface area contributed by atoms with Crippen LogP contribution >= 0.6 is 0 Å². The molecule has 1 heterocycles. The number of hydrogen-bond donors (Lipinski definition) is 0. The second kappa shape index (κ2) is 13.3. The lowest BCUT2D eigenvalue weighted by Crippen LogP contribution is -2.31. The number of ether oxygens (including phenoxy) is 4. The van der Waals surface area contributed by atoms with Crippen LogP contribution in [0.3, 0.4) is 0 Å². The first-order chi connectivity index (χ1) is 15.8. The largest absolute Gasteiger partial charge is 0.497 e. The van der Waals surface area contributed by atoms with Gasteiger partial charge in [0.05, 0.1) is 34.0 Å². The Hall–Kier alpha value is -3.19. The Kier molecular flexibility index (Phi) is 9.73. The highest BCUT2D eigenvalue weighted by molar-refractivity contribution is 5.31. The molecular weight excluding hydrogens is 406 g/mol. The van der Waals surface area contributed by atoms with Gasteiger partial charge in [-0.15, -0.1) is 0 Å². The van der Waals surface area contributed by atoms with Crippen molar-refractivity contribution in [1.82, 2.24) is 14.7 Å². The summed E-state index contributed by atoms with van der Waals surface area (Å²) in [5, 5.41) is 4.31. The fraction of sp³-hybridized carbons (Fsp3) is 0.400. The Bertz CT molecular complexity index is 812. The third-order valence-corrected chi connectivity index (χ3v) is 5.10. The predicted molar refractivity (Wildman–Crippen MR) is 125 cm³/mol. The van der Waals surface area contributed by atoms with Gasteiger partial charge in [-0.25, -0.2) is 0 Å². The Morgan fingerprint density at radius 2 is 1.22 bits per heavy atom. The van der Waals surface area contributed by atoms with Crippen molar-refractivity contribution in [2.45, 2.75) is 19.4 Å². The molecule has 0 bridgehead atoms. The van der Waals surface area contributed by atoms with E-state index in [4.69, 9.17) is 18.9 Å². The number of methoxy groups -OCH3 is 2. The summed E-state index contributed by atoms with van der Waals surface area (Å²) in [6.07, 6.45) is 5.71. The molecule has 0 aliphatic carbocycles. The topological polar surface area (TPSA) is 58.0 Å². The van der Waals surface area contributed by atoms with Crippen molar-refractivity contribution in [2.75, 3.05) is 47.1 Å². The standard InChI is InChI=1S/C25H33N3O4/c1-29-22-6-10-24(11-7-22)31-20-4-15-27(18-19-28-17-3-14-26-28)16-5-21-32-25-12-8-23(30-2)9-13-25/h3,6-14,17H,4-5,15-16,18-21H2,1-2H3. The van der Waals surface area contributed by atoms with Gasteiger partial charge in [0, 0.05) is 32.0 Å². The summed E-state index contributed by atoms with van der Waals surface area (Å²) in [6.45, 7) is 5.07. The molecule has 0 saturated carbocycles. The molecule has 1 aromatic heterocycles. The molecule has 0 saturated heterocycles. The lowest BCUT2D eigenvalue weighted by atomic mass is 10.3. The van der Waals surface area contributed by atoms with Crippen molar-refractivity contribution in [3.05, 3.63) is 67.0 Å². The number of nitrogens with zero attached hydrogens (tertiary/aromatic N) is 3. The minimum atomic E-state index is 0.674. The van der Waals surface area contributed by atoms with Crippen molar-refractivity contribution < 1.29 is 18.9 Å². The van der Waals surface area contributed by atoms with Crippen LogP contribution in [0.1, 0.15) is 12.8 Å². The van der Waals surface area contributed by atoms with Gasteiger partial charge in [-0.1, -0.05) is 0 Å². The minimum absolute atomic E-state index is 0.674. The molecule has 7 heteroatoms. The minimum Gasteiger partial charge on any atom is -0.497 e. The average molecular weight is 440 g/mol. The van der Waals surface area contributed by atoms with E-state index in [0.717, 1.165) is 62.0 Å². The average Bonchev–Trinajstić information content (AvgIpc) is 3.37. The van der Waals surface area contributed by atoms with Gasteiger partial charge in [0.2, 0.25) is 0 Å². The van der Waals surface area contributed by atoms with Crippen LogP contribution in [0.4, 0.5) is 0 Å². The van der Waals surface area contributed by atoms with Crippen LogP contribution in [-0.2, 0) is 6.54 Å². The first kappa shape index (κ1) is 23.5. The maximum atomic E-state index is 5.87. The molecule has 0 aliphatic rings. The van der Waals surface area contributed by atoms with Gasteiger partial charge in [0.15, 0.2) is 0 Å². The molecule has 0 spiro atoms. The second-order valence-corrected chi connectivity index (χ2v) is 7.37. The quantitative estimate of drug-likeness (QED) is 0.332. The fourth-order valence-corrected chi connectivity index (χ4v) is 3.31. The van der Waals surface area contributed by atoms with Crippen LogP contribution < -0.4 is 18.9 Å². The molecule has 0 fully saturated rings. The summed E-state index contributed by atoms with van der Waals surface area (Å²) in [6, 6.07) is 17.3. The Balaban J connectivity index is 1.39. The maximum Gasteiger partial charge on any atom is 0.119 e. The van der Waals surface area contributed by atoms with Crippen molar-refractivity contribution in [1.29, 1.82) is 0 Å². The van der Waals surface area contributed by atoms with Gasteiger partial charge >= 0.3 is 0 Å². The highest BCUT2D eigenvalue weighted by atomic mass is 16.5. The molecule has 7 nitrogen and oxygen atoms in total. The van der Waals surface area contributed by atoms with E-state index in [1.165, 1.54) is 0 Å². The van der Waals surface area contributed by atoms with Crippen molar-refractivity contribution >= 4 is 0 Å². The van der Waals surface area contributed by atoms with Crippen LogP contribution in [0.5, 0.6) is 23.0 Å².